The fourth-order valence-corrected chi connectivity index (χ4v) is 5.66. The first-order valence-corrected chi connectivity index (χ1v) is 14.2. The summed E-state index contributed by atoms with van der Waals surface area (Å²) in [5.41, 5.74) is 2.02. The summed E-state index contributed by atoms with van der Waals surface area (Å²) in [6.45, 7) is 15.4. The van der Waals surface area contributed by atoms with E-state index < -0.39 is 0 Å². The summed E-state index contributed by atoms with van der Waals surface area (Å²) >= 11 is 6.66. The third-order valence-corrected chi connectivity index (χ3v) is 6.94. The predicted octanol–water partition coefficient (Wildman–Crippen LogP) is 8.21. The van der Waals surface area contributed by atoms with Crippen LogP contribution in [0.4, 0.5) is 5.13 Å². The maximum atomic E-state index is 12.7. The molecule has 0 saturated carbocycles. The molecule has 1 N–H and O–H groups in total. The lowest BCUT2D eigenvalue weighted by atomic mass is 10.2. The van der Waals surface area contributed by atoms with Crippen molar-refractivity contribution in [1.82, 2.24) is 10.2 Å². The molecule has 8 heteroatoms. The van der Waals surface area contributed by atoms with Crippen molar-refractivity contribution in [2.75, 3.05) is 11.1 Å². The molecule has 0 aliphatic rings. The van der Waals surface area contributed by atoms with Gasteiger partial charge in [-0.05, 0) is 60.9 Å². The first-order chi connectivity index (χ1) is 15.4. The predicted molar refractivity (Wildman–Crippen MR) is 146 cm³/mol. The number of thiophene rings is 1. The van der Waals surface area contributed by atoms with E-state index in [0.717, 1.165) is 27.0 Å². The van der Waals surface area contributed by atoms with Crippen LogP contribution in [0.25, 0.3) is 0 Å². The van der Waals surface area contributed by atoms with Crippen LogP contribution in [0.15, 0.2) is 57.5 Å². The summed E-state index contributed by atoms with van der Waals surface area (Å²) in [6, 6.07) is 8.26. The van der Waals surface area contributed by atoms with Gasteiger partial charge in [-0.15, -0.1) is 40.3 Å². The number of thioether (sulfide) groups is 2. The number of hydrogen-bond donors (Lipinski definition) is 1. The third-order valence-electron chi connectivity index (χ3n) is 3.50. The third kappa shape index (κ3) is 10.8. The van der Waals surface area contributed by atoms with E-state index in [1.54, 1.807) is 40.9 Å². The van der Waals surface area contributed by atoms with Crippen LogP contribution in [0.1, 0.15) is 55.5 Å². The fourth-order valence-electron chi connectivity index (χ4n) is 2.36. The number of carbonyl (C=O) groups excluding carboxylic acids is 1. The number of carbonyl (C=O) groups is 1. The number of amides is 1. The molecule has 3 rings (SSSR count). The summed E-state index contributed by atoms with van der Waals surface area (Å²) in [6.07, 6.45) is 2.78. The highest BCUT2D eigenvalue weighted by Crippen LogP contribution is 2.30. The first-order valence-electron chi connectivity index (χ1n) is 10.6. The number of nitrogens with one attached hydrogen (secondary N) is 1. The van der Waals surface area contributed by atoms with Gasteiger partial charge in [-0.2, -0.15) is 11.3 Å². The summed E-state index contributed by atoms with van der Waals surface area (Å²) in [7, 11) is 0. The Kier molecular flexibility index (Phi) is 14.3. The molecule has 3 aromatic rings. The lowest BCUT2D eigenvalue weighted by Gasteiger charge is -2.11. The van der Waals surface area contributed by atoms with E-state index in [1.807, 2.05) is 39.8 Å². The van der Waals surface area contributed by atoms with Crippen LogP contribution < -0.4 is 5.32 Å². The Morgan fingerprint density at radius 2 is 1.91 bits per heavy atom. The number of benzene rings is 1. The molecular weight excluding hydrogens is 475 g/mol. The maximum absolute atomic E-state index is 12.7. The van der Waals surface area contributed by atoms with E-state index in [1.165, 1.54) is 16.9 Å². The Morgan fingerprint density at radius 1 is 1.22 bits per heavy atom. The average molecular weight is 508 g/mol. The molecule has 0 fully saturated rings. The molecule has 2 heterocycles. The van der Waals surface area contributed by atoms with Gasteiger partial charge in [0.15, 0.2) is 0 Å². The zero-order chi connectivity index (χ0) is 23.9. The Morgan fingerprint density at radius 3 is 2.47 bits per heavy atom. The minimum Gasteiger partial charge on any atom is -0.296 e. The van der Waals surface area contributed by atoms with Gasteiger partial charge in [0.25, 0.3) is 5.91 Å². The van der Waals surface area contributed by atoms with Crippen molar-refractivity contribution >= 4 is 57.2 Å². The summed E-state index contributed by atoms with van der Waals surface area (Å²) in [5.74, 6) is 0.848. The van der Waals surface area contributed by atoms with Crippen LogP contribution in [0, 0.1) is 6.92 Å². The highest BCUT2D eigenvalue weighted by atomic mass is 32.2. The molecular formula is C24H33N3OS4. The van der Waals surface area contributed by atoms with Gasteiger partial charge in [0.2, 0.25) is 5.13 Å². The molecule has 2 aromatic heterocycles. The average Bonchev–Trinajstić information content (AvgIpc) is 3.41. The number of nitrogens with zero attached hydrogens (tertiary/aromatic N) is 2. The van der Waals surface area contributed by atoms with Crippen LogP contribution in [-0.4, -0.2) is 27.1 Å². The van der Waals surface area contributed by atoms with Crippen molar-refractivity contribution in [2.45, 2.75) is 63.0 Å². The fraction of sp³-hybridized carbons (Fsp3) is 0.375. The van der Waals surface area contributed by atoms with Crippen molar-refractivity contribution < 1.29 is 4.79 Å². The van der Waals surface area contributed by atoms with Gasteiger partial charge in [-0.25, -0.2) is 0 Å². The highest BCUT2D eigenvalue weighted by Gasteiger charge is 2.13. The van der Waals surface area contributed by atoms with E-state index in [-0.39, 0.29) is 5.91 Å². The second-order valence-corrected chi connectivity index (χ2v) is 11.4. The Balaban J connectivity index is 0.000000944. The molecule has 0 radical (unpaired) electrons. The molecule has 4 nitrogen and oxygen atoms in total. The van der Waals surface area contributed by atoms with Crippen molar-refractivity contribution in [3.8, 4) is 0 Å². The van der Waals surface area contributed by atoms with E-state index in [9.17, 15) is 4.79 Å². The number of rotatable bonds is 8. The minimum atomic E-state index is -0.142. The second kappa shape index (κ2) is 16.1. The quantitative estimate of drug-likeness (QED) is 0.246. The lowest BCUT2D eigenvalue weighted by molar-refractivity contribution is 0.102. The molecule has 32 heavy (non-hydrogen) atoms. The Labute approximate surface area is 209 Å². The van der Waals surface area contributed by atoms with Gasteiger partial charge in [0.1, 0.15) is 5.01 Å². The number of anilines is 1. The molecule has 0 saturated heterocycles. The van der Waals surface area contributed by atoms with E-state index >= 15 is 0 Å². The van der Waals surface area contributed by atoms with Crippen LogP contribution in [-0.2, 0) is 6.42 Å². The molecule has 0 aliphatic carbocycles. The largest absolute Gasteiger partial charge is 0.296 e. The summed E-state index contributed by atoms with van der Waals surface area (Å²) in [5, 5.41) is 16.9. The SMILES string of the molecule is C=CC.CC.Cc1nnc(NC(=O)c2cc(SCCc3ccsc3)cc(SC(C)C)c2)s1. The van der Waals surface area contributed by atoms with Gasteiger partial charge < -0.3 is 0 Å². The number of aryl methyl sites for hydroxylation is 2. The van der Waals surface area contributed by atoms with Gasteiger partial charge >= 0.3 is 0 Å². The van der Waals surface area contributed by atoms with Crippen LogP contribution in [0.3, 0.4) is 0 Å². The Bertz CT molecular complexity index is 937. The number of hydrogen-bond acceptors (Lipinski definition) is 7. The zero-order valence-electron chi connectivity index (χ0n) is 19.7. The summed E-state index contributed by atoms with van der Waals surface area (Å²) in [4.78, 5) is 14.9. The standard InChI is InChI=1S/C19H21N3OS4.C3H6.C2H6/c1-12(2)26-17-9-15(18(23)20-19-22-21-13(3)27-19)8-16(10-17)25-7-5-14-4-6-24-11-14;1-3-2;1-2/h4,6,8-12H,5,7H2,1-3H3,(H,20,22,23);3H,1H2,2H3;1-2H3. The van der Waals surface area contributed by atoms with E-state index in [4.69, 9.17) is 0 Å². The van der Waals surface area contributed by atoms with Crippen molar-refractivity contribution in [2.24, 2.45) is 0 Å². The minimum absolute atomic E-state index is 0.142. The van der Waals surface area contributed by atoms with Crippen LogP contribution in [0.5, 0.6) is 0 Å². The molecule has 0 unspecified atom stereocenters. The molecule has 174 valence electrons. The molecule has 0 spiro atoms. The lowest BCUT2D eigenvalue weighted by Crippen LogP contribution is -2.12. The maximum Gasteiger partial charge on any atom is 0.257 e. The van der Waals surface area contributed by atoms with E-state index in [0.29, 0.717) is 15.9 Å². The normalized spacial score (nSPS) is 9.97. The molecule has 1 amide bonds. The van der Waals surface area contributed by atoms with E-state index in [2.05, 4.69) is 58.8 Å². The first kappa shape index (κ1) is 28.4. The van der Waals surface area contributed by atoms with Crippen molar-refractivity contribution in [3.05, 3.63) is 63.8 Å². The monoisotopic (exact) mass is 507 g/mol. The van der Waals surface area contributed by atoms with Gasteiger partial charge in [-0.3, -0.25) is 10.1 Å². The van der Waals surface area contributed by atoms with Crippen molar-refractivity contribution in [1.29, 1.82) is 0 Å². The molecule has 1 aromatic carbocycles. The zero-order valence-corrected chi connectivity index (χ0v) is 22.9. The molecule has 0 aliphatic heterocycles. The van der Waals surface area contributed by atoms with Crippen molar-refractivity contribution in [3.63, 3.8) is 0 Å². The Hall–Kier alpha value is -1.61. The van der Waals surface area contributed by atoms with Crippen LogP contribution in [0.2, 0.25) is 0 Å². The van der Waals surface area contributed by atoms with Gasteiger partial charge in [0, 0.05) is 26.4 Å². The molecule has 0 atom stereocenters. The molecule has 0 bridgehead atoms. The number of aromatic nitrogens is 2. The number of allylic oxidation sites excluding steroid dienone is 1. The second-order valence-electron chi connectivity index (χ2n) is 6.58. The van der Waals surface area contributed by atoms with Crippen LogP contribution >= 0.6 is 46.2 Å². The topological polar surface area (TPSA) is 54.9 Å². The van der Waals surface area contributed by atoms with Gasteiger partial charge in [-0.1, -0.05) is 45.1 Å². The van der Waals surface area contributed by atoms with Gasteiger partial charge in [0.05, 0.1) is 0 Å². The highest BCUT2D eigenvalue weighted by molar-refractivity contribution is 8.00. The summed E-state index contributed by atoms with van der Waals surface area (Å²) < 4.78 is 0. The smallest absolute Gasteiger partial charge is 0.257 e.